The molecule has 0 atom stereocenters. The molecule has 0 fully saturated rings. The van der Waals surface area contributed by atoms with Crippen LogP contribution in [0.1, 0.15) is 32.2 Å². The van der Waals surface area contributed by atoms with Crippen LogP contribution in [0.3, 0.4) is 0 Å². The van der Waals surface area contributed by atoms with Crippen molar-refractivity contribution in [1.29, 1.82) is 0 Å². The lowest BCUT2D eigenvalue weighted by atomic mass is 9.87. The van der Waals surface area contributed by atoms with Crippen LogP contribution in [0, 0.1) is 0 Å². The highest BCUT2D eigenvalue weighted by atomic mass is 35.5. The molecular formula is C15H16ClF3N4. The Hall–Kier alpha value is -2.02. The molecule has 0 saturated carbocycles. The van der Waals surface area contributed by atoms with Crippen LogP contribution in [-0.2, 0) is 11.6 Å². The number of nitrogens with zero attached hydrogens (tertiary/aromatic N) is 2. The molecule has 4 nitrogen and oxygen atoms in total. The van der Waals surface area contributed by atoms with Crippen LogP contribution in [0.2, 0.25) is 5.15 Å². The molecule has 0 spiro atoms. The first kappa shape index (κ1) is 17.3. The molecule has 0 radical (unpaired) electrons. The van der Waals surface area contributed by atoms with Gasteiger partial charge in [-0.1, -0.05) is 44.5 Å². The molecular weight excluding hydrogens is 329 g/mol. The maximum absolute atomic E-state index is 12.8. The van der Waals surface area contributed by atoms with Crippen LogP contribution in [0.4, 0.5) is 30.4 Å². The van der Waals surface area contributed by atoms with Crippen LogP contribution >= 0.6 is 11.6 Å². The summed E-state index contributed by atoms with van der Waals surface area (Å²) in [5.41, 5.74) is 7.01. The van der Waals surface area contributed by atoms with Gasteiger partial charge in [-0.3, -0.25) is 0 Å². The largest absolute Gasteiger partial charge is 0.451 e. The molecule has 124 valence electrons. The smallest absolute Gasteiger partial charge is 0.393 e. The lowest BCUT2D eigenvalue weighted by Gasteiger charge is -2.20. The van der Waals surface area contributed by atoms with Gasteiger partial charge in [0.05, 0.1) is 0 Å². The van der Waals surface area contributed by atoms with E-state index < -0.39 is 17.2 Å². The van der Waals surface area contributed by atoms with Crippen LogP contribution in [-0.4, -0.2) is 9.97 Å². The number of hydrogen-bond acceptors (Lipinski definition) is 4. The van der Waals surface area contributed by atoms with Gasteiger partial charge in [-0.25, -0.2) is 9.97 Å². The van der Waals surface area contributed by atoms with Crippen molar-refractivity contribution in [3.05, 3.63) is 40.8 Å². The predicted molar refractivity (Wildman–Crippen MR) is 84.9 cm³/mol. The van der Waals surface area contributed by atoms with Crippen LogP contribution in [0.15, 0.2) is 24.3 Å². The number of nitrogens with two attached hydrogens (primary N) is 1. The topological polar surface area (TPSA) is 63.8 Å². The van der Waals surface area contributed by atoms with E-state index in [-0.39, 0.29) is 16.9 Å². The summed E-state index contributed by atoms with van der Waals surface area (Å²) in [7, 11) is 0. The Bertz CT molecular complexity index is 724. The quantitative estimate of drug-likeness (QED) is 0.770. The average Bonchev–Trinajstić information content (AvgIpc) is 2.42. The minimum Gasteiger partial charge on any atom is -0.393 e. The van der Waals surface area contributed by atoms with Crippen molar-refractivity contribution in [1.82, 2.24) is 9.97 Å². The second-order valence-electron chi connectivity index (χ2n) is 6.05. The first-order valence-electron chi connectivity index (χ1n) is 6.76. The van der Waals surface area contributed by atoms with E-state index in [4.69, 9.17) is 17.3 Å². The number of alkyl halides is 3. The van der Waals surface area contributed by atoms with Crippen molar-refractivity contribution in [2.45, 2.75) is 32.4 Å². The van der Waals surface area contributed by atoms with E-state index in [1.54, 1.807) is 12.1 Å². The fraction of sp³-hybridized carbons (Fsp3) is 0.333. The maximum Gasteiger partial charge on any atom is 0.451 e. The van der Waals surface area contributed by atoms with E-state index in [0.717, 1.165) is 5.56 Å². The molecule has 0 saturated heterocycles. The van der Waals surface area contributed by atoms with E-state index in [0.29, 0.717) is 5.69 Å². The second kappa shape index (κ2) is 5.88. The predicted octanol–water partition coefficient (Wildman–Crippen LogP) is 4.77. The van der Waals surface area contributed by atoms with Gasteiger partial charge in [0.25, 0.3) is 0 Å². The maximum atomic E-state index is 12.8. The zero-order valence-corrected chi connectivity index (χ0v) is 13.5. The van der Waals surface area contributed by atoms with Crippen molar-refractivity contribution in [2.75, 3.05) is 11.1 Å². The van der Waals surface area contributed by atoms with E-state index in [1.165, 1.54) is 0 Å². The normalized spacial score (nSPS) is 12.3. The summed E-state index contributed by atoms with van der Waals surface area (Å²) in [5, 5.41) is 2.33. The zero-order valence-electron chi connectivity index (χ0n) is 12.8. The van der Waals surface area contributed by atoms with Gasteiger partial charge in [-0.15, -0.1) is 0 Å². The van der Waals surface area contributed by atoms with Gasteiger partial charge in [0.1, 0.15) is 5.69 Å². The third-order valence-corrected chi connectivity index (χ3v) is 3.43. The summed E-state index contributed by atoms with van der Waals surface area (Å²) >= 11 is 5.68. The lowest BCUT2D eigenvalue weighted by Crippen LogP contribution is -2.14. The highest BCUT2D eigenvalue weighted by Gasteiger charge is 2.36. The van der Waals surface area contributed by atoms with E-state index in [2.05, 4.69) is 15.3 Å². The molecule has 1 heterocycles. The van der Waals surface area contributed by atoms with Crippen molar-refractivity contribution in [2.24, 2.45) is 0 Å². The van der Waals surface area contributed by atoms with Crippen molar-refractivity contribution in [3.8, 4) is 0 Å². The minimum atomic E-state index is -4.71. The Morgan fingerprint density at radius 3 is 2.35 bits per heavy atom. The summed E-state index contributed by atoms with van der Waals surface area (Å²) in [6, 6.07) is 7.26. The molecule has 0 aliphatic rings. The molecule has 0 bridgehead atoms. The Morgan fingerprint density at radius 2 is 1.78 bits per heavy atom. The molecule has 2 rings (SSSR count). The number of aromatic nitrogens is 2. The fourth-order valence-corrected chi connectivity index (χ4v) is 2.03. The molecule has 1 aromatic heterocycles. The van der Waals surface area contributed by atoms with Gasteiger partial charge in [0, 0.05) is 5.69 Å². The van der Waals surface area contributed by atoms with Crippen LogP contribution < -0.4 is 11.1 Å². The monoisotopic (exact) mass is 344 g/mol. The molecule has 3 N–H and O–H groups in total. The average molecular weight is 345 g/mol. The van der Waals surface area contributed by atoms with Gasteiger partial charge in [0.15, 0.2) is 11.0 Å². The summed E-state index contributed by atoms with van der Waals surface area (Å²) in [6.45, 7) is 6.09. The molecule has 2 aromatic rings. The Labute approximate surface area is 136 Å². The summed E-state index contributed by atoms with van der Waals surface area (Å²) in [4.78, 5) is 6.60. The number of anilines is 3. The summed E-state index contributed by atoms with van der Waals surface area (Å²) in [5.74, 6) is -1.52. The SMILES string of the molecule is CC(C)(C)c1cccc(Nc2nc(C(F)(F)F)nc(Cl)c2N)c1. The third kappa shape index (κ3) is 4.04. The van der Waals surface area contributed by atoms with Crippen LogP contribution in [0.5, 0.6) is 0 Å². The third-order valence-electron chi connectivity index (χ3n) is 3.14. The first-order chi connectivity index (χ1) is 10.5. The van der Waals surface area contributed by atoms with Gasteiger partial charge < -0.3 is 11.1 Å². The molecule has 0 unspecified atom stereocenters. The number of nitrogens with one attached hydrogen (secondary N) is 1. The number of hydrogen-bond donors (Lipinski definition) is 2. The molecule has 1 aromatic carbocycles. The molecule has 0 aliphatic heterocycles. The Kier molecular flexibility index (Phi) is 4.43. The van der Waals surface area contributed by atoms with Gasteiger partial charge >= 0.3 is 6.18 Å². The van der Waals surface area contributed by atoms with E-state index >= 15 is 0 Å². The number of benzene rings is 1. The molecule has 0 amide bonds. The number of halogens is 4. The highest BCUT2D eigenvalue weighted by Crippen LogP contribution is 2.34. The van der Waals surface area contributed by atoms with E-state index in [9.17, 15) is 13.2 Å². The Morgan fingerprint density at radius 1 is 1.13 bits per heavy atom. The second-order valence-corrected chi connectivity index (χ2v) is 6.41. The van der Waals surface area contributed by atoms with Crippen LogP contribution in [0.25, 0.3) is 0 Å². The first-order valence-corrected chi connectivity index (χ1v) is 7.14. The lowest BCUT2D eigenvalue weighted by molar-refractivity contribution is -0.144. The number of rotatable bonds is 2. The molecule has 8 heteroatoms. The standard InChI is InChI=1S/C15H16ClF3N4/c1-14(2,3)8-5-4-6-9(7-8)21-12-10(20)11(16)22-13(23-12)15(17,18)19/h4-7H,20H2,1-3H3,(H,21,22,23). The van der Waals surface area contributed by atoms with Crippen molar-refractivity contribution >= 4 is 28.8 Å². The fourth-order valence-electron chi connectivity index (χ4n) is 1.86. The van der Waals surface area contributed by atoms with Gasteiger partial charge in [0.2, 0.25) is 5.82 Å². The number of nitrogen functional groups attached to an aromatic ring is 1. The molecule has 23 heavy (non-hydrogen) atoms. The molecule has 0 aliphatic carbocycles. The van der Waals surface area contributed by atoms with Crippen molar-refractivity contribution in [3.63, 3.8) is 0 Å². The summed E-state index contributed by atoms with van der Waals surface area (Å²) in [6.07, 6.45) is -4.71. The highest BCUT2D eigenvalue weighted by molar-refractivity contribution is 6.32. The van der Waals surface area contributed by atoms with Gasteiger partial charge in [-0.2, -0.15) is 13.2 Å². The minimum absolute atomic E-state index is 0.107. The summed E-state index contributed by atoms with van der Waals surface area (Å²) < 4.78 is 38.4. The van der Waals surface area contributed by atoms with Gasteiger partial charge in [-0.05, 0) is 23.1 Å². The van der Waals surface area contributed by atoms with E-state index in [1.807, 2.05) is 32.9 Å². The van der Waals surface area contributed by atoms with Crippen molar-refractivity contribution < 1.29 is 13.2 Å². The zero-order chi connectivity index (χ0) is 17.4. The Balaban J connectivity index is 2.43.